The average molecular weight is 1090 g/mol. The van der Waals surface area contributed by atoms with Gasteiger partial charge in [-0.05, 0) is 0 Å². The van der Waals surface area contributed by atoms with Gasteiger partial charge in [0.2, 0.25) is 0 Å². The molecule has 0 N–H and O–H groups in total. The second-order valence-corrected chi connectivity index (χ2v) is 101. The van der Waals surface area contributed by atoms with E-state index in [9.17, 15) is 0 Å². The van der Waals surface area contributed by atoms with E-state index in [2.05, 4.69) is 178 Å². The zero-order valence-corrected chi connectivity index (χ0v) is 55.6. The molecule has 1 nitrogen and oxygen atoms in total. The van der Waals surface area contributed by atoms with Crippen LogP contribution in [-0.2, 0) is 4.12 Å². The van der Waals surface area contributed by atoms with Crippen LogP contribution in [0, 0.1) is 0 Å². The van der Waals surface area contributed by atoms with Gasteiger partial charge in [0.05, 0.1) is 0 Å². The monoisotopic (exact) mass is 1090 g/mol. The van der Waals surface area contributed by atoms with E-state index >= 15 is 8.22 Å². The fourth-order valence-corrected chi connectivity index (χ4v) is 149. The number of rotatable bonds is 20. The molecule has 0 aliphatic rings. The normalized spacial score (nSPS) is 16.3. The maximum absolute atomic E-state index is 18.7. The molecule has 0 aromatic heterocycles. The van der Waals surface area contributed by atoms with Crippen molar-refractivity contribution in [1.29, 1.82) is 0 Å². The molecule has 0 saturated carbocycles. The Bertz CT molecular complexity index is 1070. The third-order valence-corrected chi connectivity index (χ3v) is 114. The van der Waals surface area contributed by atoms with Crippen LogP contribution in [0.15, 0.2) is 0 Å². The van der Waals surface area contributed by atoms with Crippen molar-refractivity contribution < 1.29 is 12.3 Å². The molecule has 0 atom stereocenters. The van der Waals surface area contributed by atoms with Crippen LogP contribution >= 0.6 is 0 Å². The molecule has 55 heavy (non-hydrogen) atoms. The third kappa shape index (κ3) is 12.1. The second-order valence-electron chi connectivity index (χ2n) is 27.9. The molecule has 0 unspecified atom stereocenters. The fourth-order valence-electron chi connectivity index (χ4n) is 14.1. The summed E-state index contributed by atoms with van der Waals surface area (Å²) in [6, 6.07) is 2.42. The van der Waals surface area contributed by atoms with Crippen molar-refractivity contribution in [3.63, 3.8) is 0 Å². The number of halogens is 2. The summed E-state index contributed by atoms with van der Waals surface area (Å²) in [4.78, 5) is 0. The van der Waals surface area contributed by atoms with Gasteiger partial charge in [0.15, 0.2) is 0 Å². The first-order valence-corrected chi connectivity index (χ1v) is 62.1. The van der Waals surface area contributed by atoms with Crippen LogP contribution in [-0.4, -0.2) is 86.5 Å². The summed E-state index contributed by atoms with van der Waals surface area (Å²) in [7, 11) is -10.2. The molecule has 0 heterocycles. The number of hydrogen-bond acceptors (Lipinski definition) is 1. The van der Waals surface area contributed by atoms with Crippen LogP contribution in [0.25, 0.3) is 0 Å². The van der Waals surface area contributed by atoms with Gasteiger partial charge in [0, 0.05) is 0 Å². The number of unbranched alkanes of at least 4 members (excludes halogenated alkanes) is 4. The Morgan fingerprint density at radius 3 is 0.727 bits per heavy atom. The maximum atomic E-state index is 18.7. The Labute approximate surface area is 362 Å². The molecular formula is C44H104F2Ge4OSi4. The van der Waals surface area contributed by atoms with Crippen LogP contribution in [0.5, 0.6) is 0 Å². The van der Waals surface area contributed by atoms with Gasteiger partial charge in [-0.3, -0.25) is 0 Å². The molecule has 0 spiro atoms. The van der Waals surface area contributed by atoms with Crippen molar-refractivity contribution in [1.82, 2.24) is 0 Å². The molecule has 0 amide bonds. The summed E-state index contributed by atoms with van der Waals surface area (Å²) in [5, 5.41) is -1.08. The third-order valence-electron chi connectivity index (χ3n) is 14.6. The van der Waals surface area contributed by atoms with Crippen LogP contribution in [0.1, 0.15) is 134 Å². The number of hydrogen-bond donors (Lipinski definition) is 0. The van der Waals surface area contributed by atoms with Crippen molar-refractivity contribution in [3.8, 4) is 0 Å². The molecule has 0 aliphatic carbocycles. The molecule has 11 heteroatoms. The zero-order valence-electron chi connectivity index (χ0n) is 43.2. The van der Waals surface area contributed by atoms with Crippen LogP contribution < -0.4 is 0 Å². The van der Waals surface area contributed by atoms with E-state index in [1.165, 1.54) is 50.6 Å². The average Bonchev–Trinajstić information content (AvgIpc) is 2.85. The van der Waals surface area contributed by atoms with E-state index in [4.69, 9.17) is 4.12 Å². The molecule has 0 aromatic rings. The molecule has 0 aliphatic heterocycles. The Morgan fingerprint density at radius 1 is 0.364 bits per heavy atom. The Hall–Kier alpha value is 2.86. The molecule has 0 fully saturated rings. The van der Waals surface area contributed by atoms with Crippen molar-refractivity contribution >= 4 is 86.5 Å². The predicted molar refractivity (Wildman–Crippen MR) is 274 cm³/mol. The minimum atomic E-state index is -3.26. The van der Waals surface area contributed by atoms with Crippen molar-refractivity contribution in [2.24, 2.45) is 0 Å². The second kappa shape index (κ2) is 18.5. The van der Waals surface area contributed by atoms with E-state index in [1.807, 2.05) is 0 Å². The summed E-state index contributed by atoms with van der Waals surface area (Å²) in [6.45, 7) is 36.9. The van der Waals surface area contributed by atoms with Gasteiger partial charge in [0.25, 0.3) is 0 Å². The van der Waals surface area contributed by atoms with Gasteiger partial charge in [0.1, 0.15) is 0 Å². The molecule has 0 radical (unpaired) electrons. The van der Waals surface area contributed by atoms with E-state index in [0.29, 0.717) is 0 Å². The summed E-state index contributed by atoms with van der Waals surface area (Å²) in [5.74, 6) is 30.8. The standard InChI is InChI=1S/C44H104F2Ge4OSi4/c1-39(2,3)54(45,40(4,5)6)43(47(13,14)15,48(16,17)18)35-31-29-33-37-52(25,26)51-53(27,28)38-34-30-32-36-44(49(19,20)21,50(22,23)24)55(46,41(7,8)9)42(10,11)12/h29-38H2,1-28H3. The quantitative estimate of drug-likeness (QED) is 0.0671. The first-order chi connectivity index (χ1) is 23.6. The summed E-state index contributed by atoms with van der Waals surface area (Å²) in [6.07, 6.45) is 9.44. The molecular weight excluding hydrogens is 985 g/mol. The summed E-state index contributed by atoms with van der Waals surface area (Å²) in [5.41, 5.74) is 0. The fraction of sp³-hybridized carbons (Fsp3) is 1.00. The minimum absolute atomic E-state index is 0.000551. The SMILES string of the molecule is CC(C)(C)[Si](F)(C(C)(C)C)[C](CCCCC[Si](C)(C)O[Si](C)(C)CCCCC[C]([Si](F)(C(C)(C)C)C(C)(C)C)([Ge]([CH3])([CH3])[CH3])[Ge]([CH3])([CH3])[CH3])([Ge]([CH3])([CH3])[CH3])[Ge]([CH3])([CH3])[CH3]. The van der Waals surface area contributed by atoms with Gasteiger partial charge in [-0.15, -0.1) is 0 Å². The van der Waals surface area contributed by atoms with Crippen LogP contribution in [0.2, 0.25) is 133 Å². The summed E-state index contributed by atoms with van der Waals surface area (Å²) < 4.78 is 44.6. The predicted octanol–water partition coefficient (Wildman–Crippen LogP) is 18.6. The van der Waals surface area contributed by atoms with Gasteiger partial charge in [-0.2, -0.15) is 0 Å². The Balaban J connectivity index is 5.92. The van der Waals surface area contributed by atoms with Gasteiger partial charge >= 0.3 is 366 Å². The Kier molecular flexibility index (Phi) is 19.5. The van der Waals surface area contributed by atoms with Gasteiger partial charge in [-0.25, -0.2) is 0 Å². The Morgan fingerprint density at radius 2 is 0.564 bits per heavy atom. The van der Waals surface area contributed by atoms with E-state index in [0.717, 1.165) is 12.8 Å². The van der Waals surface area contributed by atoms with E-state index in [1.54, 1.807) is 0 Å². The topological polar surface area (TPSA) is 9.23 Å². The molecule has 0 bridgehead atoms. The summed E-state index contributed by atoms with van der Waals surface area (Å²) >= 11 is -10.1. The molecule has 332 valence electrons. The van der Waals surface area contributed by atoms with E-state index in [-0.39, 0.29) is 25.6 Å². The van der Waals surface area contributed by atoms with Crippen molar-refractivity contribution in [2.45, 2.75) is 267 Å². The first kappa shape index (κ1) is 57.9. The zero-order chi connectivity index (χ0) is 44.8. The van der Waals surface area contributed by atoms with Crippen LogP contribution in [0.3, 0.4) is 0 Å². The first-order valence-electron chi connectivity index (χ1n) is 22.7. The van der Waals surface area contributed by atoms with Crippen molar-refractivity contribution in [3.05, 3.63) is 0 Å². The molecule has 0 saturated heterocycles. The van der Waals surface area contributed by atoms with Gasteiger partial charge < -0.3 is 0 Å². The molecule has 0 rings (SSSR count). The molecule has 0 aromatic carbocycles. The van der Waals surface area contributed by atoms with Gasteiger partial charge in [-0.1, -0.05) is 0 Å². The van der Waals surface area contributed by atoms with E-state index < -0.39 is 86.5 Å². The van der Waals surface area contributed by atoms with Crippen LogP contribution in [0.4, 0.5) is 8.22 Å². The van der Waals surface area contributed by atoms with Crippen molar-refractivity contribution in [2.75, 3.05) is 0 Å².